The SMILES string of the molecule is C[C@@H](Nc1nnc(C2Cc3cccc(F)c3N2)o1)C(=O)N1CCC2(CC1)CC2. The number of anilines is 2. The summed E-state index contributed by atoms with van der Waals surface area (Å²) in [4.78, 5) is 14.6. The predicted molar refractivity (Wildman–Crippen MR) is 101 cm³/mol. The van der Waals surface area contributed by atoms with Gasteiger partial charge in [-0.15, -0.1) is 5.10 Å². The van der Waals surface area contributed by atoms with Gasteiger partial charge >= 0.3 is 6.01 Å². The first kappa shape index (κ1) is 17.5. The van der Waals surface area contributed by atoms with E-state index in [-0.39, 0.29) is 23.8 Å². The molecule has 1 saturated carbocycles. The van der Waals surface area contributed by atoms with E-state index in [1.807, 2.05) is 17.9 Å². The number of fused-ring (bicyclic) bond motifs is 1. The van der Waals surface area contributed by atoms with Gasteiger partial charge in [0, 0.05) is 19.5 Å². The number of para-hydroxylation sites is 1. The molecule has 7 nitrogen and oxygen atoms in total. The molecule has 1 unspecified atom stereocenters. The number of carbonyl (C=O) groups is 1. The van der Waals surface area contributed by atoms with Crippen molar-refractivity contribution in [3.63, 3.8) is 0 Å². The van der Waals surface area contributed by atoms with Crippen LogP contribution in [-0.4, -0.2) is 40.1 Å². The summed E-state index contributed by atoms with van der Waals surface area (Å²) in [6.45, 7) is 3.47. The highest BCUT2D eigenvalue weighted by Crippen LogP contribution is 2.53. The summed E-state index contributed by atoms with van der Waals surface area (Å²) in [7, 11) is 0. The molecular formula is C20H24FN5O2. The molecule has 2 atom stereocenters. The molecule has 1 spiro atoms. The smallest absolute Gasteiger partial charge is 0.316 e. The molecule has 2 aromatic rings. The average Bonchev–Trinajstić information content (AvgIpc) is 3.09. The summed E-state index contributed by atoms with van der Waals surface area (Å²) in [5, 5.41) is 14.2. The third-order valence-electron chi connectivity index (χ3n) is 6.38. The number of amides is 1. The summed E-state index contributed by atoms with van der Waals surface area (Å²) in [6, 6.07) is 4.51. The molecule has 0 radical (unpaired) electrons. The molecule has 1 amide bonds. The number of nitrogens with zero attached hydrogens (tertiary/aromatic N) is 3. The Labute approximate surface area is 162 Å². The first-order valence-corrected chi connectivity index (χ1v) is 9.96. The van der Waals surface area contributed by atoms with Crippen LogP contribution in [0.5, 0.6) is 0 Å². The molecule has 28 heavy (non-hydrogen) atoms. The maximum atomic E-state index is 13.9. The highest BCUT2D eigenvalue weighted by Gasteiger charge is 2.45. The van der Waals surface area contributed by atoms with Crippen molar-refractivity contribution >= 4 is 17.6 Å². The van der Waals surface area contributed by atoms with Crippen molar-refractivity contribution in [1.29, 1.82) is 0 Å². The Hall–Kier alpha value is -2.64. The monoisotopic (exact) mass is 385 g/mol. The lowest BCUT2D eigenvalue weighted by Gasteiger charge is -2.33. The van der Waals surface area contributed by atoms with Gasteiger partial charge in [0.15, 0.2) is 0 Å². The number of hydrogen-bond donors (Lipinski definition) is 2. The average molecular weight is 385 g/mol. The second-order valence-electron chi connectivity index (χ2n) is 8.31. The van der Waals surface area contributed by atoms with E-state index in [1.54, 1.807) is 6.07 Å². The van der Waals surface area contributed by atoms with Crippen molar-refractivity contribution < 1.29 is 13.6 Å². The van der Waals surface area contributed by atoms with Crippen LogP contribution in [0.1, 0.15) is 50.1 Å². The zero-order valence-electron chi connectivity index (χ0n) is 15.9. The minimum Gasteiger partial charge on any atom is -0.406 e. The molecule has 0 bridgehead atoms. The van der Waals surface area contributed by atoms with Gasteiger partial charge in [0.25, 0.3) is 0 Å². The van der Waals surface area contributed by atoms with Gasteiger partial charge in [-0.1, -0.05) is 17.2 Å². The van der Waals surface area contributed by atoms with Crippen molar-refractivity contribution in [1.82, 2.24) is 15.1 Å². The predicted octanol–water partition coefficient (Wildman–Crippen LogP) is 3.12. The van der Waals surface area contributed by atoms with Crippen LogP contribution in [0.25, 0.3) is 0 Å². The number of rotatable bonds is 4. The fourth-order valence-electron chi connectivity index (χ4n) is 4.33. The molecule has 5 rings (SSSR count). The Kier molecular flexibility index (Phi) is 4.03. The third-order valence-corrected chi connectivity index (χ3v) is 6.38. The zero-order valence-corrected chi connectivity index (χ0v) is 15.9. The quantitative estimate of drug-likeness (QED) is 0.841. The van der Waals surface area contributed by atoms with E-state index >= 15 is 0 Å². The van der Waals surface area contributed by atoms with Crippen LogP contribution in [-0.2, 0) is 11.2 Å². The van der Waals surface area contributed by atoms with Gasteiger partial charge in [0.2, 0.25) is 11.8 Å². The van der Waals surface area contributed by atoms with Crippen LogP contribution in [0, 0.1) is 11.2 Å². The standard InChI is InChI=1S/C20H24FN5O2/c1-12(18(27)26-9-7-20(5-6-20)8-10-26)22-19-25-24-17(28-19)15-11-13-3-2-4-14(21)16(13)23-15/h2-4,12,15,23H,5-11H2,1H3,(H,22,25)/t12-,15?/m1/s1. The summed E-state index contributed by atoms with van der Waals surface area (Å²) in [6.07, 6.45) is 5.44. The van der Waals surface area contributed by atoms with E-state index in [2.05, 4.69) is 20.8 Å². The molecule has 148 valence electrons. The molecule has 1 aromatic carbocycles. The number of benzene rings is 1. The molecule has 2 N–H and O–H groups in total. The zero-order chi connectivity index (χ0) is 19.3. The maximum absolute atomic E-state index is 13.9. The lowest BCUT2D eigenvalue weighted by atomic mass is 9.93. The summed E-state index contributed by atoms with van der Waals surface area (Å²) >= 11 is 0. The van der Waals surface area contributed by atoms with Crippen LogP contribution in [0.3, 0.4) is 0 Å². The van der Waals surface area contributed by atoms with Gasteiger partial charge < -0.3 is 20.0 Å². The van der Waals surface area contributed by atoms with E-state index in [9.17, 15) is 9.18 Å². The van der Waals surface area contributed by atoms with Crippen molar-refractivity contribution in [2.24, 2.45) is 5.41 Å². The summed E-state index contributed by atoms with van der Waals surface area (Å²) < 4.78 is 19.6. The van der Waals surface area contributed by atoms with E-state index in [0.29, 0.717) is 23.4 Å². The Bertz CT molecular complexity index is 900. The van der Waals surface area contributed by atoms with Crippen LogP contribution in [0.4, 0.5) is 16.1 Å². The van der Waals surface area contributed by atoms with Gasteiger partial charge in [0.05, 0.1) is 5.69 Å². The van der Waals surface area contributed by atoms with Gasteiger partial charge in [0.1, 0.15) is 17.9 Å². The normalized spacial score (nSPS) is 23.2. The molecule has 1 saturated heterocycles. The minimum absolute atomic E-state index is 0.0590. The number of nitrogens with one attached hydrogen (secondary N) is 2. The molecule has 2 fully saturated rings. The van der Waals surface area contributed by atoms with Crippen LogP contribution < -0.4 is 10.6 Å². The molecule has 8 heteroatoms. The van der Waals surface area contributed by atoms with Crippen molar-refractivity contribution in [3.8, 4) is 0 Å². The highest BCUT2D eigenvalue weighted by atomic mass is 19.1. The minimum atomic E-state index is -0.437. The fraction of sp³-hybridized carbons (Fsp3) is 0.550. The molecule has 2 aliphatic heterocycles. The molecule has 3 aliphatic rings. The Morgan fingerprint density at radius 3 is 2.82 bits per heavy atom. The largest absolute Gasteiger partial charge is 0.406 e. The molecule has 1 aromatic heterocycles. The lowest BCUT2D eigenvalue weighted by Crippen LogP contribution is -2.45. The van der Waals surface area contributed by atoms with E-state index in [4.69, 9.17) is 4.42 Å². The number of halogens is 1. The molecule has 3 heterocycles. The van der Waals surface area contributed by atoms with Gasteiger partial charge in [-0.3, -0.25) is 4.79 Å². The summed E-state index contributed by atoms with van der Waals surface area (Å²) in [5.74, 6) is 0.154. The van der Waals surface area contributed by atoms with Crippen LogP contribution >= 0.6 is 0 Å². The van der Waals surface area contributed by atoms with E-state index in [0.717, 1.165) is 31.5 Å². The lowest BCUT2D eigenvalue weighted by molar-refractivity contribution is -0.133. The Morgan fingerprint density at radius 2 is 2.11 bits per heavy atom. The number of piperidine rings is 1. The molecule has 1 aliphatic carbocycles. The van der Waals surface area contributed by atoms with E-state index in [1.165, 1.54) is 18.9 Å². The fourth-order valence-corrected chi connectivity index (χ4v) is 4.33. The first-order chi connectivity index (χ1) is 13.5. The van der Waals surface area contributed by atoms with Crippen molar-refractivity contribution in [2.45, 2.75) is 51.1 Å². The first-order valence-electron chi connectivity index (χ1n) is 9.96. The van der Waals surface area contributed by atoms with Crippen LogP contribution in [0.15, 0.2) is 22.6 Å². The van der Waals surface area contributed by atoms with E-state index < -0.39 is 6.04 Å². The second-order valence-corrected chi connectivity index (χ2v) is 8.31. The Balaban J connectivity index is 1.20. The topological polar surface area (TPSA) is 83.3 Å². The van der Waals surface area contributed by atoms with Gasteiger partial charge in [-0.25, -0.2) is 4.39 Å². The van der Waals surface area contributed by atoms with Crippen LogP contribution in [0.2, 0.25) is 0 Å². The summed E-state index contributed by atoms with van der Waals surface area (Å²) in [5.41, 5.74) is 1.92. The number of aromatic nitrogens is 2. The number of likely N-dealkylation sites (tertiary alicyclic amines) is 1. The number of hydrogen-bond acceptors (Lipinski definition) is 6. The van der Waals surface area contributed by atoms with Gasteiger partial charge in [-0.2, -0.15) is 0 Å². The highest BCUT2D eigenvalue weighted by molar-refractivity contribution is 5.83. The second kappa shape index (κ2) is 6.46. The maximum Gasteiger partial charge on any atom is 0.316 e. The van der Waals surface area contributed by atoms with Crippen molar-refractivity contribution in [2.75, 3.05) is 23.7 Å². The molecular weight excluding hydrogens is 361 g/mol. The van der Waals surface area contributed by atoms with Gasteiger partial charge in [-0.05, 0) is 49.7 Å². The number of carbonyl (C=O) groups excluding carboxylic acids is 1. The van der Waals surface area contributed by atoms with Crippen molar-refractivity contribution in [3.05, 3.63) is 35.5 Å². The third kappa shape index (κ3) is 3.10. The Morgan fingerprint density at radius 1 is 1.32 bits per heavy atom.